The van der Waals surface area contributed by atoms with E-state index >= 15 is 0 Å². The van der Waals surface area contributed by atoms with Crippen LogP contribution >= 0.6 is 0 Å². The van der Waals surface area contributed by atoms with Crippen LogP contribution in [0.4, 0.5) is 0 Å². The molecule has 2 aromatic rings. The van der Waals surface area contributed by atoms with Gasteiger partial charge in [0, 0.05) is 25.2 Å². The van der Waals surface area contributed by atoms with Gasteiger partial charge in [-0.15, -0.1) is 0 Å². The van der Waals surface area contributed by atoms with Crippen molar-refractivity contribution in [3.63, 3.8) is 0 Å². The summed E-state index contributed by atoms with van der Waals surface area (Å²) in [6.45, 7) is 8.59. The third-order valence-corrected chi connectivity index (χ3v) is 5.40. The Morgan fingerprint density at radius 2 is 1.64 bits per heavy atom. The van der Waals surface area contributed by atoms with Crippen LogP contribution in [0.2, 0.25) is 0 Å². The van der Waals surface area contributed by atoms with Crippen LogP contribution in [0, 0.1) is 0 Å². The van der Waals surface area contributed by atoms with Crippen LogP contribution in [-0.4, -0.2) is 53.5 Å². The van der Waals surface area contributed by atoms with Crippen molar-refractivity contribution in [1.82, 2.24) is 9.80 Å². The van der Waals surface area contributed by atoms with Gasteiger partial charge < -0.3 is 10.0 Å². The fourth-order valence-corrected chi connectivity index (χ4v) is 3.75. The molecule has 1 fully saturated rings. The average molecular weight is 379 g/mol. The fourth-order valence-electron chi connectivity index (χ4n) is 3.75. The van der Waals surface area contributed by atoms with Crippen LogP contribution in [0.1, 0.15) is 48.2 Å². The van der Waals surface area contributed by atoms with Gasteiger partial charge in [0.15, 0.2) is 0 Å². The maximum Gasteiger partial charge on any atom is 0.253 e. The van der Waals surface area contributed by atoms with E-state index in [4.69, 9.17) is 0 Å². The van der Waals surface area contributed by atoms with Gasteiger partial charge in [0.25, 0.3) is 5.91 Å². The number of carbonyl (C=O) groups excluding carboxylic acids is 1. The lowest BCUT2D eigenvalue weighted by molar-refractivity contribution is 0.0773. The third kappa shape index (κ3) is 4.82. The molecule has 4 nitrogen and oxygen atoms in total. The number of nitrogens with zero attached hydrogens (tertiary/aromatic N) is 2. The molecule has 1 heterocycles. The van der Waals surface area contributed by atoms with Crippen LogP contribution in [0.5, 0.6) is 5.75 Å². The van der Waals surface area contributed by atoms with Gasteiger partial charge in [-0.2, -0.15) is 0 Å². The van der Waals surface area contributed by atoms with Crippen molar-refractivity contribution in [2.75, 3.05) is 32.7 Å². The second kappa shape index (κ2) is 9.56. The lowest BCUT2D eigenvalue weighted by Gasteiger charge is -2.19. The Kier molecular flexibility index (Phi) is 6.88. The first-order valence-corrected chi connectivity index (χ1v) is 10.2. The maximum absolute atomic E-state index is 12.6. The standard InChI is InChI=1S/C24H30N2O2/c1-3-26(4-2)24(28)20-12-10-19(11-13-20)23(14-17-25-15-5-6-16-25)21-8-7-9-22(27)18-21/h7-14,18,27H,3-6,15-17H2,1-2H3. The van der Waals surface area contributed by atoms with Crippen molar-refractivity contribution in [2.24, 2.45) is 0 Å². The van der Waals surface area contributed by atoms with Crippen LogP contribution in [0.15, 0.2) is 54.6 Å². The number of benzene rings is 2. The summed E-state index contributed by atoms with van der Waals surface area (Å²) in [5.74, 6) is 0.328. The molecule has 0 aromatic heterocycles. The molecule has 1 saturated heterocycles. The van der Waals surface area contributed by atoms with E-state index in [2.05, 4.69) is 11.0 Å². The highest BCUT2D eigenvalue weighted by molar-refractivity contribution is 5.95. The normalized spacial score (nSPS) is 15.0. The first kappa shape index (κ1) is 20.2. The van der Waals surface area contributed by atoms with Crippen molar-refractivity contribution in [2.45, 2.75) is 26.7 Å². The summed E-state index contributed by atoms with van der Waals surface area (Å²) in [4.78, 5) is 16.8. The fraction of sp³-hybridized carbons (Fsp3) is 0.375. The van der Waals surface area contributed by atoms with Crippen molar-refractivity contribution in [3.8, 4) is 5.75 Å². The van der Waals surface area contributed by atoms with Gasteiger partial charge in [0.2, 0.25) is 0 Å². The Labute approximate surface area is 168 Å². The summed E-state index contributed by atoms with van der Waals surface area (Å²) in [5.41, 5.74) is 3.84. The second-order valence-electron chi connectivity index (χ2n) is 7.23. The Morgan fingerprint density at radius 3 is 2.25 bits per heavy atom. The number of rotatable bonds is 7. The van der Waals surface area contributed by atoms with Crippen LogP contribution in [0.3, 0.4) is 0 Å². The topological polar surface area (TPSA) is 43.8 Å². The Hall–Kier alpha value is -2.59. The van der Waals surface area contributed by atoms with E-state index in [0.717, 1.165) is 36.3 Å². The highest BCUT2D eigenvalue weighted by Gasteiger charge is 2.14. The number of hydrogen-bond donors (Lipinski definition) is 1. The summed E-state index contributed by atoms with van der Waals surface area (Å²) in [5, 5.41) is 9.93. The minimum Gasteiger partial charge on any atom is -0.508 e. The van der Waals surface area contributed by atoms with Gasteiger partial charge in [-0.3, -0.25) is 9.69 Å². The molecule has 1 N–H and O–H groups in total. The van der Waals surface area contributed by atoms with E-state index in [1.54, 1.807) is 12.1 Å². The largest absolute Gasteiger partial charge is 0.508 e. The van der Waals surface area contributed by atoms with Crippen molar-refractivity contribution in [3.05, 3.63) is 71.3 Å². The van der Waals surface area contributed by atoms with E-state index in [0.29, 0.717) is 18.7 Å². The average Bonchev–Trinajstić information content (AvgIpc) is 3.23. The number of phenolic OH excluding ortho intramolecular Hbond substituents is 1. The molecule has 1 amide bonds. The maximum atomic E-state index is 12.6. The van der Waals surface area contributed by atoms with Crippen LogP contribution < -0.4 is 0 Å². The molecule has 1 aliphatic heterocycles. The summed E-state index contributed by atoms with van der Waals surface area (Å²) in [6.07, 6.45) is 4.76. The molecule has 2 aromatic carbocycles. The number of phenols is 1. The molecule has 0 saturated carbocycles. The molecule has 148 valence electrons. The quantitative estimate of drug-likeness (QED) is 0.776. The van der Waals surface area contributed by atoms with Gasteiger partial charge in [-0.05, 0) is 80.7 Å². The highest BCUT2D eigenvalue weighted by Crippen LogP contribution is 2.27. The molecule has 28 heavy (non-hydrogen) atoms. The van der Waals surface area contributed by atoms with E-state index in [-0.39, 0.29) is 11.7 Å². The number of hydrogen-bond acceptors (Lipinski definition) is 3. The predicted molar refractivity (Wildman–Crippen MR) is 115 cm³/mol. The smallest absolute Gasteiger partial charge is 0.253 e. The molecule has 0 unspecified atom stereocenters. The van der Waals surface area contributed by atoms with Gasteiger partial charge in [-0.25, -0.2) is 0 Å². The number of aromatic hydroxyl groups is 1. The molecular weight excluding hydrogens is 348 g/mol. The summed E-state index contributed by atoms with van der Waals surface area (Å²) < 4.78 is 0. The number of amides is 1. The molecular formula is C24H30N2O2. The van der Waals surface area contributed by atoms with E-state index in [9.17, 15) is 9.90 Å². The van der Waals surface area contributed by atoms with E-state index < -0.39 is 0 Å². The molecule has 3 rings (SSSR count). The Balaban J connectivity index is 1.89. The highest BCUT2D eigenvalue weighted by atomic mass is 16.3. The van der Waals surface area contributed by atoms with Gasteiger partial charge in [-0.1, -0.05) is 30.3 Å². The molecule has 0 bridgehead atoms. The third-order valence-electron chi connectivity index (χ3n) is 5.40. The first-order valence-electron chi connectivity index (χ1n) is 10.2. The minimum absolute atomic E-state index is 0.0662. The molecule has 1 aliphatic rings. The summed E-state index contributed by atoms with van der Waals surface area (Å²) in [6, 6.07) is 15.2. The van der Waals surface area contributed by atoms with Gasteiger partial charge >= 0.3 is 0 Å². The zero-order valence-corrected chi connectivity index (χ0v) is 16.9. The summed E-state index contributed by atoms with van der Waals surface area (Å²) in [7, 11) is 0. The monoisotopic (exact) mass is 378 g/mol. The SMILES string of the molecule is CCN(CC)C(=O)c1ccc(C(=CCN2CCCC2)c2cccc(O)c2)cc1. The predicted octanol–water partition coefficient (Wildman–Crippen LogP) is 4.40. The zero-order valence-electron chi connectivity index (χ0n) is 16.9. The molecule has 4 heteroatoms. The van der Waals surface area contributed by atoms with Crippen molar-refractivity contribution in [1.29, 1.82) is 0 Å². The van der Waals surface area contributed by atoms with Gasteiger partial charge in [0.05, 0.1) is 0 Å². The van der Waals surface area contributed by atoms with Crippen molar-refractivity contribution >= 4 is 11.5 Å². The first-order chi connectivity index (χ1) is 13.6. The Bertz CT molecular complexity index is 817. The Morgan fingerprint density at radius 1 is 1.00 bits per heavy atom. The number of likely N-dealkylation sites (tertiary alicyclic amines) is 1. The van der Waals surface area contributed by atoms with Gasteiger partial charge in [0.1, 0.15) is 5.75 Å². The molecule has 0 aliphatic carbocycles. The minimum atomic E-state index is 0.0662. The van der Waals surface area contributed by atoms with Crippen LogP contribution in [0.25, 0.3) is 5.57 Å². The van der Waals surface area contributed by atoms with E-state index in [1.165, 1.54) is 12.8 Å². The number of carbonyl (C=O) groups is 1. The van der Waals surface area contributed by atoms with Crippen LogP contribution in [-0.2, 0) is 0 Å². The molecule has 0 radical (unpaired) electrons. The lowest BCUT2D eigenvalue weighted by atomic mass is 9.96. The summed E-state index contributed by atoms with van der Waals surface area (Å²) >= 11 is 0. The molecule has 0 atom stereocenters. The zero-order chi connectivity index (χ0) is 19.9. The van der Waals surface area contributed by atoms with Crippen molar-refractivity contribution < 1.29 is 9.90 Å². The lowest BCUT2D eigenvalue weighted by Crippen LogP contribution is -2.30. The second-order valence-corrected chi connectivity index (χ2v) is 7.23. The van der Waals surface area contributed by atoms with E-state index in [1.807, 2.05) is 55.1 Å². The molecule has 0 spiro atoms.